The fraction of sp³-hybridized carbons (Fsp3) is 0.409. The summed E-state index contributed by atoms with van der Waals surface area (Å²) in [6.07, 6.45) is 9.61. The van der Waals surface area contributed by atoms with E-state index in [9.17, 15) is 38.4 Å². The van der Waals surface area contributed by atoms with E-state index in [1.807, 2.05) is 83.5 Å². The molecule has 5 aliphatic heterocycles. The number of amides is 6. The first-order valence-electron chi connectivity index (χ1n) is 28.5. The standard InChI is InChI=1S/C65H70N5O11S.CH4.Y/c1-38-25-51-43(20-22-48-30-45-13-6-9-17-53(45)69(48)63(51)76)32-56(38)80-36-41-27-42(37-81-58-33-44-21-23-49-31-46-14-7-10-18-54(46)70(49)64(77)52(44)34-57(58)79-4)29-47(28-41)67-62(75)39(2)26-55(72)40(3)66-60(73)19-11-8-15-50(71)16-12-24-68-61(74)35-59(82-5)65(68)78;;/h6-7,9-10,13-14,17-18,23,25,27-29,32-34,39-40,48-49,59H,8,11-12,15-16,19-22,24,26,30-31,35-37H2,1-5H3,(H,66,73)(H,67,75);1H4;/q-1;;/t39-,40+,48-,49-,59?;;/m1../s1. The molecule has 0 spiro atoms. The van der Waals surface area contributed by atoms with Crippen LogP contribution >= 0.6 is 11.8 Å². The number of Topliss-reactive ketones (excluding diaryl/α,β-unsaturated/α-hetero) is 2. The molecule has 0 bridgehead atoms. The van der Waals surface area contributed by atoms with Crippen molar-refractivity contribution in [3.63, 3.8) is 0 Å². The summed E-state index contributed by atoms with van der Waals surface area (Å²) in [6, 6.07) is 28.3. The zero-order valence-electron chi connectivity index (χ0n) is 47.8. The van der Waals surface area contributed by atoms with Crippen LogP contribution in [0.5, 0.6) is 17.2 Å². The number of imide groups is 1. The molecule has 2 N–H and O–H groups in total. The molecule has 1 saturated heterocycles. The van der Waals surface area contributed by atoms with Gasteiger partial charge in [-0.2, -0.15) is 18.2 Å². The minimum Gasteiger partial charge on any atom is -0.493 e. The van der Waals surface area contributed by atoms with Crippen LogP contribution in [0.4, 0.5) is 17.1 Å². The van der Waals surface area contributed by atoms with E-state index in [1.54, 1.807) is 32.2 Å². The molecule has 84 heavy (non-hydrogen) atoms. The van der Waals surface area contributed by atoms with Crippen LogP contribution in [0, 0.1) is 19.3 Å². The van der Waals surface area contributed by atoms with E-state index in [-0.39, 0.29) is 150 Å². The molecule has 16 nitrogen and oxygen atoms in total. The number of methoxy groups -OCH3 is 1. The molecule has 0 aliphatic carbocycles. The average molecular weight is 1230 g/mol. The van der Waals surface area contributed by atoms with Crippen LogP contribution in [0.2, 0.25) is 0 Å². The Morgan fingerprint density at radius 2 is 1.36 bits per heavy atom. The summed E-state index contributed by atoms with van der Waals surface area (Å²) in [4.78, 5) is 111. The maximum absolute atomic E-state index is 14.2. The normalized spacial score (nSPS) is 18.1. The molecule has 0 saturated carbocycles. The van der Waals surface area contributed by atoms with Crippen molar-refractivity contribution in [2.24, 2.45) is 5.92 Å². The van der Waals surface area contributed by atoms with Gasteiger partial charge in [-0.1, -0.05) is 62.4 Å². The van der Waals surface area contributed by atoms with Gasteiger partial charge >= 0.3 is 0 Å². The van der Waals surface area contributed by atoms with Gasteiger partial charge in [-0.25, -0.2) is 0 Å². The number of ketones is 2. The predicted molar refractivity (Wildman–Crippen MR) is 320 cm³/mol. The third-order valence-electron chi connectivity index (χ3n) is 16.5. The number of unbranched alkanes of at least 4 members (excludes halogenated alkanes) is 1. The molecule has 439 valence electrons. The summed E-state index contributed by atoms with van der Waals surface area (Å²) < 4.78 is 18.9. The van der Waals surface area contributed by atoms with E-state index < -0.39 is 17.9 Å². The van der Waals surface area contributed by atoms with Gasteiger partial charge in [-0.05, 0) is 153 Å². The average Bonchev–Trinajstić information content (AvgIpc) is 2.29. The van der Waals surface area contributed by atoms with Crippen molar-refractivity contribution in [3.05, 3.63) is 147 Å². The van der Waals surface area contributed by atoms with Crippen LogP contribution in [0.3, 0.4) is 0 Å². The molecule has 1 fully saturated rings. The third-order valence-corrected chi connectivity index (χ3v) is 17.4. The Kier molecular flexibility index (Phi) is 21.1. The Morgan fingerprint density at radius 1 is 0.726 bits per heavy atom. The van der Waals surface area contributed by atoms with Crippen molar-refractivity contribution in [2.75, 3.05) is 35.0 Å². The minimum absolute atomic E-state index is 0. The molecular formula is C66H74N5O11SY-. The molecule has 6 amide bonds. The summed E-state index contributed by atoms with van der Waals surface area (Å²) >= 11 is 1.35. The first-order valence-corrected chi connectivity index (χ1v) is 29.8. The Bertz CT molecular complexity index is 3370. The molecule has 5 aliphatic rings. The number of fused-ring (bicyclic) bond motifs is 8. The predicted octanol–water partition coefficient (Wildman–Crippen LogP) is 10.1. The zero-order chi connectivity index (χ0) is 57.8. The number of ether oxygens (including phenoxy) is 3. The summed E-state index contributed by atoms with van der Waals surface area (Å²) in [5, 5.41) is 5.40. The fourth-order valence-corrected chi connectivity index (χ4v) is 12.6. The Balaban J connectivity index is 0.00000460. The van der Waals surface area contributed by atoms with Gasteiger partial charge in [0.2, 0.25) is 23.6 Å². The van der Waals surface area contributed by atoms with E-state index in [1.165, 1.54) is 29.3 Å². The Labute approximate surface area is 521 Å². The number of carbonyl (C=O) groups excluding carboxylic acids is 8. The van der Waals surface area contributed by atoms with Crippen LogP contribution in [0.25, 0.3) is 0 Å². The molecular weight excluding hydrogens is 1160 g/mol. The molecule has 5 aromatic carbocycles. The number of para-hydroxylation sites is 2. The summed E-state index contributed by atoms with van der Waals surface area (Å²) in [7, 11) is 1.54. The number of likely N-dealkylation sites (tertiary alicyclic amines) is 1. The number of anilines is 3. The second-order valence-electron chi connectivity index (χ2n) is 22.3. The quantitative estimate of drug-likeness (QED) is 0.0357. The first kappa shape index (κ1) is 63.3. The molecule has 1 unspecified atom stereocenters. The summed E-state index contributed by atoms with van der Waals surface area (Å²) in [5.41, 5.74) is 9.84. The van der Waals surface area contributed by atoms with Crippen molar-refractivity contribution in [1.82, 2.24) is 10.2 Å². The SMILES string of the molecule is C.COc1cc2c(cc1OCc1cc(COc3cc4c(cc3C)C(=O)N3c5ccccc5C[C@H]3CC4)cc(NC(=O)[C@H](C)CC(=O)[C@H](C)NC(=O)CCCCC(=O)CCCN3C(=O)CC(SC)C3=O)c1)C[CH-][C@@H]1Cc3ccccc3N1C2=O.[Y]. The van der Waals surface area contributed by atoms with E-state index in [0.717, 1.165) is 58.5 Å². The van der Waals surface area contributed by atoms with Crippen LogP contribution in [-0.2, 0) is 100 Å². The fourth-order valence-electron chi connectivity index (χ4n) is 12.0. The largest absolute Gasteiger partial charge is 0.493 e. The first-order chi connectivity index (χ1) is 39.6. The second-order valence-corrected chi connectivity index (χ2v) is 23.3. The third kappa shape index (κ3) is 14.0. The number of hydrogen-bond acceptors (Lipinski definition) is 12. The maximum Gasteiger partial charge on any atom is 0.258 e. The molecule has 5 atom stereocenters. The van der Waals surface area contributed by atoms with Crippen LogP contribution in [0.15, 0.2) is 91.0 Å². The molecule has 0 aromatic heterocycles. The number of nitrogens with one attached hydrogen (secondary N) is 2. The van der Waals surface area contributed by atoms with Gasteiger partial charge < -0.3 is 41.1 Å². The van der Waals surface area contributed by atoms with E-state index in [4.69, 9.17) is 14.2 Å². The van der Waals surface area contributed by atoms with Gasteiger partial charge in [0.15, 0.2) is 17.3 Å². The van der Waals surface area contributed by atoms with Gasteiger partial charge in [-0.3, -0.25) is 43.3 Å². The number of rotatable bonds is 23. The summed E-state index contributed by atoms with van der Waals surface area (Å²) in [5.74, 6) is -0.859. The summed E-state index contributed by atoms with van der Waals surface area (Å²) in [6.45, 7) is 5.56. The minimum atomic E-state index is -0.853. The number of nitrogens with zero attached hydrogens (tertiary/aromatic N) is 3. The molecule has 5 aromatic rings. The van der Waals surface area contributed by atoms with Gasteiger partial charge in [0.1, 0.15) is 24.7 Å². The Morgan fingerprint density at radius 3 is 2.06 bits per heavy atom. The number of carbonyl (C=O) groups is 8. The monoisotopic (exact) mass is 1230 g/mol. The van der Waals surface area contributed by atoms with Crippen molar-refractivity contribution in [2.45, 2.75) is 148 Å². The van der Waals surface area contributed by atoms with Crippen molar-refractivity contribution < 1.29 is 85.3 Å². The molecule has 5 heterocycles. The van der Waals surface area contributed by atoms with Crippen molar-refractivity contribution in [1.29, 1.82) is 0 Å². The number of thioether (sulfide) groups is 1. The van der Waals surface area contributed by atoms with Gasteiger partial charge in [0.05, 0.1) is 18.4 Å². The van der Waals surface area contributed by atoms with E-state index in [0.29, 0.717) is 71.7 Å². The molecule has 10 rings (SSSR count). The van der Waals surface area contributed by atoms with Gasteiger partial charge in [0.25, 0.3) is 11.8 Å². The van der Waals surface area contributed by atoms with E-state index in [2.05, 4.69) is 29.2 Å². The van der Waals surface area contributed by atoms with E-state index >= 15 is 0 Å². The van der Waals surface area contributed by atoms with Gasteiger partial charge in [0, 0.05) is 112 Å². The topological polar surface area (TPSA) is 198 Å². The molecule has 18 heteroatoms. The number of hydrogen-bond donors (Lipinski definition) is 2. The molecule has 1 radical (unpaired) electrons. The van der Waals surface area contributed by atoms with Gasteiger partial charge in [-0.15, -0.1) is 0 Å². The van der Waals surface area contributed by atoms with Crippen LogP contribution < -0.4 is 34.6 Å². The second kappa shape index (κ2) is 28.0. The smallest absolute Gasteiger partial charge is 0.258 e. The van der Waals surface area contributed by atoms with Crippen molar-refractivity contribution >= 4 is 75.8 Å². The van der Waals surface area contributed by atoms with Crippen LogP contribution in [0.1, 0.15) is 139 Å². The Hall–Kier alpha value is -6.69. The maximum atomic E-state index is 14.2. The van der Waals surface area contributed by atoms with Crippen LogP contribution in [-0.4, -0.2) is 95.2 Å². The van der Waals surface area contributed by atoms with Crippen molar-refractivity contribution in [3.8, 4) is 17.2 Å². The zero-order valence-corrected chi connectivity index (χ0v) is 51.4. The number of benzene rings is 5. The number of aryl methyl sites for hydroxylation is 2.